The van der Waals surface area contributed by atoms with Gasteiger partial charge in [0.2, 0.25) is 0 Å². The minimum atomic E-state index is 0.479. The van der Waals surface area contributed by atoms with E-state index in [1.807, 2.05) is 38.1 Å². The van der Waals surface area contributed by atoms with Crippen LogP contribution < -0.4 is 4.74 Å². The molecule has 0 unspecified atom stereocenters. The fraction of sp³-hybridized carbons (Fsp3) is 0.211. The summed E-state index contributed by atoms with van der Waals surface area (Å²) in [6.07, 6.45) is 0.860. The Hall–Kier alpha value is -2.55. The van der Waals surface area contributed by atoms with Crippen molar-refractivity contribution in [2.45, 2.75) is 26.9 Å². The predicted octanol–water partition coefficient (Wildman–Crippen LogP) is 4.46. The van der Waals surface area contributed by atoms with E-state index in [1.165, 1.54) is 11.1 Å². The summed E-state index contributed by atoms with van der Waals surface area (Å²) in [7, 11) is 0. The van der Waals surface area contributed by atoms with Gasteiger partial charge in [-0.05, 0) is 31.0 Å². The van der Waals surface area contributed by atoms with Crippen LogP contribution in [0.3, 0.4) is 0 Å². The van der Waals surface area contributed by atoms with E-state index in [1.54, 1.807) is 0 Å². The van der Waals surface area contributed by atoms with Crippen molar-refractivity contribution in [2.24, 2.45) is 0 Å². The van der Waals surface area contributed by atoms with Gasteiger partial charge in [-0.2, -0.15) is 0 Å². The first-order valence-electron chi connectivity index (χ1n) is 7.40. The van der Waals surface area contributed by atoms with Crippen LogP contribution in [-0.2, 0) is 13.0 Å². The van der Waals surface area contributed by atoms with Crippen LogP contribution in [0.25, 0.3) is 0 Å². The predicted molar refractivity (Wildman–Crippen MR) is 86.0 cm³/mol. The van der Waals surface area contributed by atoms with Crippen molar-refractivity contribution < 1.29 is 9.26 Å². The second kappa shape index (κ2) is 6.48. The van der Waals surface area contributed by atoms with Crippen LogP contribution in [0.4, 0.5) is 0 Å². The molecule has 0 saturated heterocycles. The molecule has 0 fully saturated rings. The quantitative estimate of drug-likeness (QED) is 0.696. The van der Waals surface area contributed by atoms with Crippen LogP contribution in [0, 0.1) is 13.8 Å². The number of benzene rings is 2. The molecule has 0 atom stereocenters. The number of ether oxygens (including phenoxy) is 1. The summed E-state index contributed by atoms with van der Waals surface area (Å²) >= 11 is 0. The number of rotatable bonds is 5. The molecule has 0 N–H and O–H groups in total. The average Bonchev–Trinajstić information content (AvgIpc) is 2.86. The minimum Gasteiger partial charge on any atom is -0.488 e. The normalized spacial score (nSPS) is 10.6. The van der Waals surface area contributed by atoms with Crippen molar-refractivity contribution in [3.05, 3.63) is 82.7 Å². The van der Waals surface area contributed by atoms with Crippen LogP contribution >= 0.6 is 0 Å². The number of aromatic nitrogens is 1. The zero-order valence-corrected chi connectivity index (χ0v) is 12.9. The summed E-state index contributed by atoms with van der Waals surface area (Å²) in [5.74, 6) is 1.73. The van der Waals surface area contributed by atoms with E-state index >= 15 is 0 Å². The molecular formula is C19H19NO2. The fourth-order valence-electron chi connectivity index (χ4n) is 2.46. The molecule has 112 valence electrons. The van der Waals surface area contributed by atoms with Gasteiger partial charge in [0.05, 0.1) is 11.3 Å². The first-order chi connectivity index (χ1) is 10.7. The van der Waals surface area contributed by atoms with Crippen molar-refractivity contribution in [1.29, 1.82) is 0 Å². The van der Waals surface area contributed by atoms with Crippen LogP contribution in [0.15, 0.2) is 59.1 Å². The number of hydrogen-bond acceptors (Lipinski definition) is 3. The molecule has 0 aliphatic rings. The van der Waals surface area contributed by atoms with E-state index in [-0.39, 0.29) is 0 Å². The lowest BCUT2D eigenvalue weighted by molar-refractivity contribution is 0.299. The highest BCUT2D eigenvalue weighted by molar-refractivity contribution is 5.37. The minimum absolute atomic E-state index is 0.479. The number of hydrogen-bond donors (Lipinski definition) is 0. The van der Waals surface area contributed by atoms with Gasteiger partial charge in [0.25, 0.3) is 0 Å². The van der Waals surface area contributed by atoms with E-state index in [4.69, 9.17) is 9.26 Å². The lowest BCUT2D eigenvalue weighted by Crippen LogP contribution is -2.01. The van der Waals surface area contributed by atoms with Crippen molar-refractivity contribution >= 4 is 0 Å². The number of nitrogens with zero attached hydrogens (tertiary/aromatic N) is 1. The van der Waals surface area contributed by atoms with Crippen LogP contribution in [0.2, 0.25) is 0 Å². The van der Waals surface area contributed by atoms with Gasteiger partial charge in [0, 0.05) is 6.42 Å². The molecule has 0 radical (unpaired) electrons. The van der Waals surface area contributed by atoms with Crippen LogP contribution in [-0.4, -0.2) is 5.16 Å². The Morgan fingerprint density at radius 1 is 0.955 bits per heavy atom. The van der Waals surface area contributed by atoms with E-state index < -0.39 is 0 Å². The molecule has 3 aromatic rings. The molecule has 2 aromatic carbocycles. The topological polar surface area (TPSA) is 35.3 Å². The molecule has 3 rings (SSSR count). The van der Waals surface area contributed by atoms with Crippen molar-refractivity contribution in [3.8, 4) is 5.75 Å². The van der Waals surface area contributed by atoms with Crippen LogP contribution in [0.5, 0.6) is 5.75 Å². The zero-order chi connectivity index (χ0) is 15.4. The number of aryl methyl sites for hydroxylation is 2. The third kappa shape index (κ3) is 3.19. The van der Waals surface area contributed by atoms with Gasteiger partial charge in [0.1, 0.15) is 18.1 Å². The fourth-order valence-corrected chi connectivity index (χ4v) is 2.46. The van der Waals surface area contributed by atoms with Gasteiger partial charge < -0.3 is 9.26 Å². The summed E-state index contributed by atoms with van der Waals surface area (Å²) in [5, 5.41) is 3.96. The van der Waals surface area contributed by atoms with Gasteiger partial charge in [-0.15, -0.1) is 0 Å². The lowest BCUT2D eigenvalue weighted by atomic mass is 10.0. The largest absolute Gasteiger partial charge is 0.488 e. The Morgan fingerprint density at radius 3 is 2.41 bits per heavy atom. The molecule has 1 heterocycles. The van der Waals surface area contributed by atoms with E-state index in [0.717, 1.165) is 29.2 Å². The van der Waals surface area contributed by atoms with Gasteiger partial charge in [0.15, 0.2) is 0 Å². The molecule has 0 spiro atoms. The summed E-state index contributed by atoms with van der Waals surface area (Å²) < 4.78 is 11.2. The Morgan fingerprint density at radius 2 is 1.68 bits per heavy atom. The second-order valence-electron chi connectivity index (χ2n) is 5.36. The SMILES string of the molecule is Cc1noc(C)c1COc1ccccc1Cc1ccccc1. The summed E-state index contributed by atoms with van der Waals surface area (Å²) in [6.45, 7) is 4.33. The molecule has 22 heavy (non-hydrogen) atoms. The van der Waals surface area contributed by atoms with E-state index in [2.05, 4.69) is 35.5 Å². The van der Waals surface area contributed by atoms with Gasteiger partial charge in [-0.25, -0.2) is 0 Å². The molecule has 0 bridgehead atoms. The molecule has 0 aliphatic carbocycles. The third-order valence-corrected chi connectivity index (χ3v) is 3.76. The standard InChI is InChI=1S/C19H19NO2/c1-14-18(15(2)22-20-14)13-21-19-11-7-6-10-17(19)12-16-8-4-3-5-9-16/h3-11H,12-13H2,1-2H3. The average molecular weight is 293 g/mol. The zero-order valence-electron chi connectivity index (χ0n) is 12.9. The van der Waals surface area contributed by atoms with Crippen molar-refractivity contribution in [1.82, 2.24) is 5.16 Å². The van der Waals surface area contributed by atoms with Crippen LogP contribution in [0.1, 0.15) is 28.1 Å². The van der Waals surface area contributed by atoms with E-state index in [9.17, 15) is 0 Å². The summed E-state index contributed by atoms with van der Waals surface area (Å²) in [4.78, 5) is 0. The first-order valence-corrected chi connectivity index (χ1v) is 7.40. The summed E-state index contributed by atoms with van der Waals surface area (Å²) in [6, 6.07) is 18.6. The van der Waals surface area contributed by atoms with Gasteiger partial charge >= 0.3 is 0 Å². The Labute approximate surface area is 130 Å². The monoisotopic (exact) mass is 293 g/mol. The number of para-hydroxylation sites is 1. The molecule has 0 aliphatic heterocycles. The Balaban J connectivity index is 1.77. The maximum Gasteiger partial charge on any atom is 0.140 e. The van der Waals surface area contributed by atoms with Crippen molar-refractivity contribution in [3.63, 3.8) is 0 Å². The Kier molecular flexibility index (Phi) is 4.24. The van der Waals surface area contributed by atoms with Gasteiger partial charge in [-0.1, -0.05) is 53.7 Å². The smallest absolute Gasteiger partial charge is 0.140 e. The maximum atomic E-state index is 6.02. The molecular weight excluding hydrogens is 274 g/mol. The second-order valence-corrected chi connectivity index (χ2v) is 5.36. The molecule has 3 heteroatoms. The van der Waals surface area contributed by atoms with Gasteiger partial charge in [-0.3, -0.25) is 0 Å². The van der Waals surface area contributed by atoms with E-state index in [0.29, 0.717) is 6.61 Å². The third-order valence-electron chi connectivity index (χ3n) is 3.76. The summed E-state index contributed by atoms with van der Waals surface area (Å²) in [5.41, 5.74) is 4.36. The molecule has 3 nitrogen and oxygen atoms in total. The van der Waals surface area contributed by atoms with Crippen molar-refractivity contribution in [2.75, 3.05) is 0 Å². The first kappa shape index (κ1) is 14.4. The molecule has 0 amide bonds. The Bertz CT molecular complexity index is 728. The highest BCUT2D eigenvalue weighted by Gasteiger charge is 2.11. The lowest BCUT2D eigenvalue weighted by Gasteiger charge is -2.11. The molecule has 1 aromatic heterocycles. The highest BCUT2D eigenvalue weighted by Crippen LogP contribution is 2.23. The molecule has 0 saturated carbocycles. The highest BCUT2D eigenvalue weighted by atomic mass is 16.5. The maximum absolute atomic E-state index is 6.02.